The Kier molecular flexibility index (Phi) is 7.49. The van der Waals surface area contributed by atoms with Gasteiger partial charge < -0.3 is 29.1 Å². The number of quaternary nitrogens is 1. The molecule has 8 heteroatoms. The maximum atomic E-state index is 13.4. The van der Waals surface area contributed by atoms with Crippen molar-refractivity contribution >= 4 is 17.4 Å². The summed E-state index contributed by atoms with van der Waals surface area (Å²) in [6, 6.07) is 13.0. The van der Waals surface area contributed by atoms with Crippen molar-refractivity contribution in [2.24, 2.45) is 0 Å². The first-order valence-electron chi connectivity index (χ1n) is 11.5. The van der Waals surface area contributed by atoms with Gasteiger partial charge in [-0.3, -0.25) is 9.59 Å². The van der Waals surface area contributed by atoms with E-state index in [0.717, 1.165) is 32.8 Å². The number of hydrogen-bond donors (Lipinski definition) is 1. The number of carbonyl (C=O) groups excluding carboxylic acids is 2. The molecule has 34 heavy (non-hydrogen) atoms. The molecule has 1 unspecified atom stereocenters. The van der Waals surface area contributed by atoms with Crippen LogP contribution in [0.25, 0.3) is 5.76 Å². The lowest BCUT2D eigenvalue weighted by Crippen LogP contribution is -3.14. The molecule has 1 N–H and O–H groups in total. The fourth-order valence-electron chi connectivity index (χ4n) is 4.62. The molecule has 8 nitrogen and oxygen atoms in total. The maximum absolute atomic E-state index is 13.4. The average Bonchev–Trinajstić information content (AvgIpc) is 3.14. The highest BCUT2D eigenvalue weighted by molar-refractivity contribution is 6.46. The van der Waals surface area contributed by atoms with E-state index in [4.69, 9.17) is 14.2 Å². The summed E-state index contributed by atoms with van der Waals surface area (Å²) in [4.78, 5) is 29.2. The molecule has 2 fully saturated rings. The zero-order valence-corrected chi connectivity index (χ0v) is 19.5. The van der Waals surface area contributed by atoms with E-state index in [9.17, 15) is 14.7 Å². The number of ether oxygens (including phenoxy) is 3. The van der Waals surface area contributed by atoms with Gasteiger partial charge in [0, 0.05) is 18.5 Å². The number of likely N-dealkylation sites (tertiary alicyclic amines) is 1. The third kappa shape index (κ3) is 4.78. The molecule has 0 aliphatic carbocycles. The molecule has 1 atom stereocenters. The number of benzene rings is 2. The lowest BCUT2D eigenvalue weighted by molar-refractivity contribution is -0.908. The van der Waals surface area contributed by atoms with Crippen LogP contribution in [0.1, 0.15) is 23.6 Å². The second-order valence-corrected chi connectivity index (χ2v) is 8.42. The van der Waals surface area contributed by atoms with Gasteiger partial charge in [-0.15, -0.1) is 0 Å². The normalized spacial score (nSPS) is 20.5. The van der Waals surface area contributed by atoms with Crippen molar-refractivity contribution in [1.29, 1.82) is 0 Å². The number of methoxy groups -OCH3 is 2. The van der Waals surface area contributed by atoms with Gasteiger partial charge in [0.15, 0.2) is 11.5 Å². The lowest BCUT2D eigenvalue weighted by atomic mass is 9.95. The number of morpholine rings is 1. The predicted molar refractivity (Wildman–Crippen MR) is 123 cm³/mol. The molecule has 0 aromatic heterocycles. The Morgan fingerprint density at radius 2 is 1.76 bits per heavy atom. The van der Waals surface area contributed by atoms with Crippen molar-refractivity contribution < 1.29 is 33.8 Å². The van der Waals surface area contributed by atoms with Crippen molar-refractivity contribution in [3.8, 4) is 11.5 Å². The second kappa shape index (κ2) is 10.7. The van der Waals surface area contributed by atoms with Crippen LogP contribution in [0.4, 0.5) is 0 Å². The topological polar surface area (TPSA) is 92.6 Å². The van der Waals surface area contributed by atoms with Crippen LogP contribution in [0.3, 0.4) is 0 Å². The largest absolute Gasteiger partial charge is 0.872 e. The van der Waals surface area contributed by atoms with Gasteiger partial charge in [-0.2, -0.15) is 0 Å². The molecular formula is C26H30N2O6. The van der Waals surface area contributed by atoms with Crippen LogP contribution in [0.5, 0.6) is 11.5 Å². The van der Waals surface area contributed by atoms with E-state index < -0.39 is 23.5 Å². The number of nitrogens with zero attached hydrogens (tertiary/aromatic N) is 1. The molecule has 0 radical (unpaired) electrons. The zero-order valence-electron chi connectivity index (χ0n) is 19.5. The molecule has 2 saturated heterocycles. The maximum Gasteiger partial charge on any atom is 0.295 e. The van der Waals surface area contributed by atoms with E-state index in [1.165, 1.54) is 24.0 Å². The van der Waals surface area contributed by atoms with Crippen molar-refractivity contribution in [2.75, 3.05) is 53.6 Å². The number of rotatable bonds is 8. The third-order valence-corrected chi connectivity index (χ3v) is 6.42. The van der Waals surface area contributed by atoms with Crippen molar-refractivity contribution in [1.82, 2.24) is 4.90 Å². The van der Waals surface area contributed by atoms with Crippen LogP contribution < -0.4 is 19.5 Å². The molecule has 0 saturated carbocycles. The number of amides is 1. The highest BCUT2D eigenvalue weighted by Crippen LogP contribution is 2.41. The van der Waals surface area contributed by atoms with Crippen LogP contribution in [-0.4, -0.2) is 70.2 Å². The molecule has 1 amide bonds. The first-order valence-corrected chi connectivity index (χ1v) is 11.5. The summed E-state index contributed by atoms with van der Waals surface area (Å²) in [5.74, 6) is -0.820. The third-order valence-electron chi connectivity index (χ3n) is 6.42. The van der Waals surface area contributed by atoms with E-state index in [2.05, 4.69) is 0 Å². The van der Waals surface area contributed by atoms with Gasteiger partial charge in [-0.25, -0.2) is 0 Å². The second-order valence-electron chi connectivity index (χ2n) is 8.42. The Morgan fingerprint density at radius 1 is 1.06 bits per heavy atom. The number of Topliss-reactive ketones (excluding diaryl/α,β-unsaturated/α-hetero) is 1. The molecule has 2 aromatic carbocycles. The van der Waals surface area contributed by atoms with Gasteiger partial charge in [0.05, 0.1) is 40.0 Å². The van der Waals surface area contributed by atoms with Gasteiger partial charge in [-0.05, 0) is 23.3 Å². The smallest absolute Gasteiger partial charge is 0.295 e. The van der Waals surface area contributed by atoms with Crippen LogP contribution in [0.15, 0.2) is 54.1 Å². The standard InChI is InChI=1S/C26H30N2O6/c1-32-20-10-9-19(17-21(20)33-2)23-22(24(29)18-7-4-3-5-8-18)25(30)26(31)28(23)12-6-11-27-13-15-34-16-14-27/h3-5,7-10,17,23,29H,6,11-16H2,1-2H3. The van der Waals surface area contributed by atoms with Gasteiger partial charge in [0.2, 0.25) is 5.78 Å². The van der Waals surface area contributed by atoms with Crippen molar-refractivity contribution in [3.63, 3.8) is 0 Å². The lowest BCUT2D eigenvalue weighted by Gasteiger charge is -2.29. The summed E-state index contributed by atoms with van der Waals surface area (Å²) in [5, 5.41) is 13.4. The van der Waals surface area contributed by atoms with E-state index in [1.54, 1.807) is 48.5 Å². The zero-order chi connectivity index (χ0) is 24.1. The van der Waals surface area contributed by atoms with Gasteiger partial charge >= 0.3 is 0 Å². The van der Waals surface area contributed by atoms with Crippen LogP contribution >= 0.6 is 0 Å². The average molecular weight is 467 g/mol. The molecule has 4 rings (SSSR count). The fourth-order valence-corrected chi connectivity index (χ4v) is 4.62. The van der Waals surface area contributed by atoms with Crippen molar-refractivity contribution in [3.05, 3.63) is 65.2 Å². The minimum absolute atomic E-state index is 0.0258. The molecule has 2 heterocycles. The van der Waals surface area contributed by atoms with Gasteiger partial charge in [0.25, 0.3) is 5.91 Å². The Labute approximate surface area is 199 Å². The molecule has 2 aliphatic rings. The molecule has 0 bridgehead atoms. The molecule has 180 valence electrons. The fraction of sp³-hybridized carbons (Fsp3) is 0.385. The Balaban J connectivity index is 1.70. The monoisotopic (exact) mass is 466 g/mol. The summed E-state index contributed by atoms with van der Waals surface area (Å²) in [6.45, 7) is 4.55. The van der Waals surface area contributed by atoms with Gasteiger partial charge in [0.1, 0.15) is 13.1 Å². The summed E-state index contributed by atoms with van der Waals surface area (Å²) < 4.78 is 16.2. The first-order chi connectivity index (χ1) is 16.5. The minimum atomic E-state index is -0.785. The van der Waals surface area contributed by atoms with Crippen molar-refractivity contribution in [2.45, 2.75) is 12.5 Å². The minimum Gasteiger partial charge on any atom is -0.872 e. The van der Waals surface area contributed by atoms with Gasteiger partial charge in [-0.1, -0.05) is 42.2 Å². The van der Waals surface area contributed by atoms with Crippen LogP contribution in [0, 0.1) is 0 Å². The summed E-state index contributed by atoms with van der Waals surface area (Å²) in [6.07, 6.45) is 0.713. The SMILES string of the molecule is COc1ccc(C2C(=C([O-])c3ccccc3)C(=O)C(=O)N2CCC[NH+]2CCOCC2)cc1OC. The molecule has 0 spiro atoms. The van der Waals surface area contributed by atoms with E-state index >= 15 is 0 Å². The van der Waals surface area contributed by atoms with E-state index in [0.29, 0.717) is 35.6 Å². The summed E-state index contributed by atoms with van der Waals surface area (Å²) in [7, 11) is 3.06. The number of carbonyl (C=O) groups is 2. The summed E-state index contributed by atoms with van der Waals surface area (Å²) >= 11 is 0. The molecular weight excluding hydrogens is 436 g/mol. The molecule has 2 aliphatic heterocycles. The van der Waals surface area contributed by atoms with Crippen LogP contribution in [0.2, 0.25) is 0 Å². The predicted octanol–water partition coefficient (Wildman–Crippen LogP) is 0.233. The highest BCUT2D eigenvalue weighted by Gasteiger charge is 2.44. The number of hydrogen-bond acceptors (Lipinski definition) is 6. The number of nitrogens with one attached hydrogen (secondary N) is 1. The highest BCUT2D eigenvalue weighted by atomic mass is 16.5. The Morgan fingerprint density at radius 3 is 2.44 bits per heavy atom. The van der Waals surface area contributed by atoms with E-state index in [1.807, 2.05) is 0 Å². The van der Waals surface area contributed by atoms with E-state index in [-0.39, 0.29) is 5.57 Å². The molecule has 2 aromatic rings. The quantitative estimate of drug-likeness (QED) is 0.340. The Hall–Kier alpha value is -3.36. The summed E-state index contributed by atoms with van der Waals surface area (Å²) in [5.41, 5.74) is 0.987. The Bertz CT molecular complexity index is 1060. The van der Waals surface area contributed by atoms with Crippen LogP contribution in [-0.2, 0) is 14.3 Å². The first kappa shape index (κ1) is 23.8. The number of ketones is 1.